The van der Waals surface area contributed by atoms with Gasteiger partial charge in [0.2, 0.25) is 0 Å². The van der Waals surface area contributed by atoms with Crippen LogP contribution in [0.15, 0.2) is 11.1 Å². The molecule has 1 aliphatic heterocycles. The summed E-state index contributed by atoms with van der Waals surface area (Å²) in [5.74, 6) is -6.53. The van der Waals surface area contributed by atoms with Crippen molar-refractivity contribution in [1.29, 1.82) is 0 Å². The lowest BCUT2D eigenvalue weighted by molar-refractivity contribution is -0.288. The normalized spacial score (nSPS) is 37.2. The fraction of sp³-hybridized carbons (Fsp3) is 0.735. The van der Waals surface area contributed by atoms with Crippen LogP contribution in [0.1, 0.15) is 89.0 Å². The van der Waals surface area contributed by atoms with Crippen molar-refractivity contribution in [2.24, 2.45) is 16.7 Å². The lowest BCUT2D eigenvalue weighted by Crippen LogP contribution is -2.77. The van der Waals surface area contributed by atoms with Crippen molar-refractivity contribution in [3.63, 3.8) is 0 Å². The van der Waals surface area contributed by atoms with E-state index in [1.807, 2.05) is 0 Å². The maximum atomic E-state index is 13.2. The molecule has 3 aliphatic carbocycles. The Balaban J connectivity index is 2.28. The molecule has 4 aliphatic rings. The Morgan fingerprint density at radius 1 is 0.633 bits per heavy atom. The maximum absolute atomic E-state index is 13.2. The van der Waals surface area contributed by atoms with Gasteiger partial charge >= 0.3 is 41.8 Å². The number of carbonyl (C=O) groups excluding carboxylic acids is 7. The summed E-state index contributed by atoms with van der Waals surface area (Å²) >= 11 is 0. The number of hydrogen-bond acceptors (Lipinski definition) is 15. The van der Waals surface area contributed by atoms with Crippen molar-refractivity contribution in [1.82, 2.24) is 0 Å². The largest absolute Gasteiger partial charge is 0.462 e. The molecule has 3 fully saturated rings. The Morgan fingerprint density at radius 2 is 1.10 bits per heavy atom. The average Bonchev–Trinajstić information content (AvgIpc) is 3.71. The van der Waals surface area contributed by atoms with E-state index in [4.69, 9.17) is 37.9 Å². The quantitative estimate of drug-likeness (QED) is 0.163. The Hall–Kier alpha value is -4.01. The predicted molar refractivity (Wildman–Crippen MR) is 164 cm³/mol. The standard InChI is InChI=1S/C34H46O15/c1-15-23(43-16(2)35)13-34(49-22(8)41)30(48-21(7)40)28-32(11,24(44-17(3)36)12-25(45-18(4)37)33(28)14-42-33)29(47-20(6)39)27(46-19(5)38)26(15)31(34,9)10/h23-25,27-30H,12-14H2,1-11H3. The van der Waals surface area contributed by atoms with Crippen molar-refractivity contribution in [3.8, 4) is 0 Å². The van der Waals surface area contributed by atoms with E-state index in [9.17, 15) is 33.6 Å². The highest BCUT2D eigenvalue weighted by Gasteiger charge is 2.81. The van der Waals surface area contributed by atoms with E-state index in [2.05, 4.69) is 0 Å². The molecule has 0 aromatic heterocycles. The van der Waals surface area contributed by atoms with Crippen molar-refractivity contribution in [3.05, 3.63) is 11.1 Å². The van der Waals surface area contributed by atoms with Crippen LogP contribution in [0.25, 0.3) is 0 Å². The first kappa shape index (κ1) is 37.8. The number of carbonyl (C=O) groups is 7. The van der Waals surface area contributed by atoms with Crippen molar-refractivity contribution in [2.75, 3.05) is 6.61 Å². The first-order chi connectivity index (χ1) is 22.5. The average molecular weight is 695 g/mol. The van der Waals surface area contributed by atoms with Crippen molar-refractivity contribution in [2.45, 2.75) is 137 Å². The van der Waals surface area contributed by atoms with Gasteiger partial charge in [-0.1, -0.05) is 20.8 Å². The minimum atomic E-state index is -1.91. The van der Waals surface area contributed by atoms with Gasteiger partial charge in [-0.05, 0) is 18.1 Å². The maximum Gasteiger partial charge on any atom is 0.303 e. The summed E-state index contributed by atoms with van der Waals surface area (Å²) in [4.78, 5) is 90.3. The Bertz CT molecular complexity index is 1470. The number of esters is 7. The highest BCUT2D eigenvalue weighted by molar-refractivity contribution is 5.71. The third kappa shape index (κ3) is 6.41. The van der Waals surface area contributed by atoms with Crippen LogP contribution in [0.5, 0.6) is 0 Å². The van der Waals surface area contributed by atoms with Gasteiger partial charge in [-0.2, -0.15) is 0 Å². The molecule has 10 unspecified atom stereocenters. The van der Waals surface area contributed by atoms with E-state index in [1.165, 1.54) is 20.8 Å². The van der Waals surface area contributed by atoms with Gasteiger partial charge in [0.1, 0.15) is 30.0 Å². The molecule has 272 valence electrons. The second-order valence-electron chi connectivity index (χ2n) is 14.1. The van der Waals surface area contributed by atoms with Gasteiger partial charge < -0.3 is 37.9 Å². The lowest BCUT2D eigenvalue weighted by atomic mass is 9.45. The van der Waals surface area contributed by atoms with E-state index >= 15 is 0 Å². The minimum Gasteiger partial charge on any atom is -0.462 e. The van der Waals surface area contributed by atoms with Crippen LogP contribution in [0.4, 0.5) is 0 Å². The molecule has 2 bridgehead atoms. The van der Waals surface area contributed by atoms with Gasteiger partial charge in [0.05, 0.1) is 12.0 Å². The van der Waals surface area contributed by atoms with E-state index in [1.54, 1.807) is 27.7 Å². The number of rotatable bonds is 7. The zero-order valence-electron chi connectivity index (χ0n) is 29.8. The molecule has 1 spiro atoms. The topological polar surface area (TPSA) is 197 Å². The molecule has 0 aromatic rings. The molecular weight excluding hydrogens is 648 g/mol. The molecule has 0 aromatic carbocycles. The molecule has 4 rings (SSSR count). The van der Waals surface area contributed by atoms with Gasteiger partial charge in [-0.25, -0.2) is 0 Å². The number of hydrogen-bond donors (Lipinski definition) is 0. The first-order valence-electron chi connectivity index (χ1n) is 16.1. The number of fused-ring (bicyclic) bond motifs is 4. The molecule has 0 radical (unpaired) electrons. The molecular formula is C34H46O15. The summed E-state index contributed by atoms with van der Waals surface area (Å²) in [7, 11) is 0. The summed E-state index contributed by atoms with van der Waals surface area (Å²) in [6, 6.07) is 0. The summed E-state index contributed by atoms with van der Waals surface area (Å²) in [6.07, 6.45) is -8.34. The summed E-state index contributed by atoms with van der Waals surface area (Å²) in [6.45, 7) is 14.8. The Morgan fingerprint density at radius 3 is 1.55 bits per heavy atom. The molecule has 2 saturated carbocycles. The molecule has 0 amide bonds. The third-order valence-corrected chi connectivity index (χ3v) is 10.5. The van der Waals surface area contributed by atoms with Gasteiger partial charge in [-0.15, -0.1) is 0 Å². The Kier molecular flexibility index (Phi) is 10.1. The van der Waals surface area contributed by atoms with Gasteiger partial charge in [-0.3, -0.25) is 33.6 Å². The zero-order chi connectivity index (χ0) is 37.0. The molecule has 15 heteroatoms. The molecule has 49 heavy (non-hydrogen) atoms. The zero-order valence-corrected chi connectivity index (χ0v) is 29.8. The first-order valence-corrected chi connectivity index (χ1v) is 16.1. The molecule has 1 heterocycles. The van der Waals surface area contributed by atoms with Gasteiger partial charge in [0, 0.05) is 72.6 Å². The van der Waals surface area contributed by atoms with Crippen LogP contribution in [-0.4, -0.2) is 96.2 Å². The highest BCUT2D eigenvalue weighted by Crippen LogP contribution is 2.67. The van der Waals surface area contributed by atoms with Crippen LogP contribution in [0.2, 0.25) is 0 Å². The monoisotopic (exact) mass is 694 g/mol. The summed E-state index contributed by atoms with van der Waals surface area (Å²) in [5.41, 5.74) is -5.83. The van der Waals surface area contributed by atoms with E-state index < -0.39 is 106 Å². The molecule has 0 N–H and O–H groups in total. The van der Waals surface area contributed by atoms with Gasteiger partial charge in [0.15, 0.2) is 17.8 Å². The number of epoxide rings is 1. The van der Waals surface area contributed by atoms with Crippen LogP contribution < -0.4 is 0 Å². The lowest BCUT2D eigenvalue weighted by Gasteiger charge is -2.65. The van der Waals surface area contributed by atoms with Gasteiger partial charge in [0.25, 0.3) is 0 Å². The smallest absolute Gasteiger partial charge is 0.303 e. The van der Waals surface area contributed by atoms with Crippen molar-refractivity contribution < 1.29 is 71.5 Å². The third-order valence-electron chi connectivity index (χ3n) is 10.5. The second kappa shape index (κ2) is 13.0. The van der Waals surface area contributed by atoms with E-state index in [-0.39, 0.29) is 25.0 Å². The predicted octanol–water partition coefficient (Wildman–Crippen LogP) is 2.43. The minimum absolute atomic E-state index is 0.0630. The van der Waals surface area contributed by atoms with E-state index in [0.29, 0.717) is 5.57 Å². The molecule has 15 nitrogen and oxygen atoms in total. The van der Waals surface area contributed by atoms with Crippen molar-refractivity contribution >= 4 is 41.8 Å². The van der Waals surface area contributed by atoms with Crippen LogP contribution in [-0.2, 0) is 71.5 Å². The Labute approximate surface area is 284 Å². The highest BCUT2D eigenvalue weighted by atomic mass is 16.7. The van der Waals surface area contributed by atoms with Crippen LogP contribution in [0.3, 0.4) is 0 Å². The van der Waals surface area contributed by atoms with E-state index in [0.717, 1.165) is 27.7 Å². The summed E-state index contributed by atoms with van der Waals surface area (Å²) < 4.78 is 48.5. The molecule has 1 saturated heterocycles. The number of ether oxygens (including phenoxy) is 8. The van der Waals surface area contributed by atoms with Crippen LogP contribution in [0, 0.1) is 16.7 Å². The summed E-state index contributed by atoms with van der Waals surface area (Å²) in [5, 5.41) is 0. The van der Waals surface area contributed by atoms with Crippen LogP contribution >= 0.6 is 0 Å². The fourth-order valence-electron chi connectivity index (χ4n) is 8.89. The second-order valence-corrected chi connectivity index (χ2v) is 14.1. The fourth-order valence-corrected chi connectivity index (χ4v) is 8.89. The molecule has 10 atom stereocenters. The SMILES string of the molecule is CC(=O)OC1CC2(OC(C)=O)C(OC(C)=O)C3C4(CO4)C(OC(C)=O)CC(OC(C)=O)C3(C)C(OC(C)=O)C(OC(C)=O)C(=C1C)C2(C)C.